The predicted molar refractivity (Wildman–Crippen MR) is 94.1 cm³/mol. The zero-order valence-corrected chi connectivity index (χ0v) is 14.9. The number of carbonyl (C=O) groups excluding carboxylic acids is 1. The Hall–Kier alpha value is -1.73. The molecule has 24 heavy (non-hydrogen) atoms. The summed E-state index contributed by atoms with van der Waals surface area (Å²) >= 11 is 1.48. The molecular formula is C17H18N2O3S2. The van der Waals surface area contributed by atoms with Gasteiger partial charge < -0.3 is 0 Å². The van der Waals surface area contributed by atoms with Crippen LogP contribution in [0.1, 0.15) is 22.4 Å². The van der Waals surface area contributed by atoms with E-state index in [9.17, 15) is 13.2 Å². The van der Waals surface area contributed by atoms with Crippen molar-refractivity contribution in [1.82, 2.24) is 4.98 Å². The topological polar surface area (TPSA) is 67.3 Å². The molecule has 0 aliphatic carbocycles. The Morgan fingerprint density at radius 2 is 2.00 bits per heavy atom. The number of aromatic nitrogens is 1. The Kier molecular flexibility index (Phi) is 3.73. The third-order valence-corrected chi connectivity index (χ3v) is 7.50. The molecule has 2 aliphatic heterocycles. The van der Waals surface area contributed by atoms with Gasteiger partial charge >= 0.3 is 0 Å². The van der Waals surface area contributed by atoms with E-state index >= 15 is 0 Å². The van der Waals surface area contributed by atoms with Crippen molar-refractivity contribution in [3.05, 3.63) is 46.5 Å². The minimum absolute atomic E-state index is 0.00358. The molecule has 5 nitrogen and oxygen atoms in total. The Morgan fingerprint density at radius 1 is 1.25 bits per heavy atom. The van der Waals surface area contributed by atoms with Crippen molar-refractivity contribution in [3.8, 4) is 0 Å². The quantitative estimate of drug-likeness (QED) is 0.839. The second-order valence-electron chi connectivity index (χ2n) is 6.64. The van der Waals surface area contributed by atoms with Crippen molar-refractivity contribution in [3.63, 3.8) is 0 Å². The van der Waals surface area contributed by atoms with Crippen LogP contribution in [0.3, 0.4) is 0 Å². The van der Waals surface area contributed by atoms with E-state index in [1.165, 1.54) is 22.5 Å². The minimum atomic E-state index is -3.03. The molecule has 1 aromatic carbocycles. The molecule has 2 atom stereocenters. The number of sulfone groups is 1. The minimum Gasteiger partial charge on any atom is -0.284 e. The van der Waals surface area contributed by atoms with Gasteiger partial charge in [0.05, 0.1) is 17.5 Å². The van der Waals surface area contributed by atoms with Crippen LogP contribution in [0.2, 0.25) is 0 Å². The number of aryl methyl sites for hydroxylation is 1. The molecule has 1 aromatic heterocycles. The molecule has 2 saturated heterocycles. The van der Waals surface area contributed by atoms with Gasteiger partial charge in [-0.3, -0.25) is 9.69 Å². The first-order valence-electron chi connectivity index (χ1n) is 7.94. The van der Waals surface area contributed by atoms with Crippen LogP contribution in [0.4, 0.5) is 5.13 Å². The summed E-state index contributed by atoms with van der Waals surface area (Å²) in [6, 6.07) is 8.11. The average molecular weight is 362 g/mol. The van der Waals surface area contributed by atoms with E-state index in [1.54, 1.807) is 11.1 Å². The molecule has 0 saturated carbocycles. The van der Waals surface area contributed by atoms with E-state index < -0.39 is 9.84 Å². The summed E-state index contributed by atoms with van der Waals surface area (Å²) in [7, 11) is -3.03. The lowest BCUT2D eigenvalue weighted by Gasteiger charge is -2.19. The smallest absolute Gasteiger partial charge is 0.229 e. The second kappa shape index (κ2) is 5.67. The van der Waals surface area contributed by atoms with Crippen molar-refractivity contribution in [1.29, 1.82) is 0 Å². The van der Waals surface area contributed by atoms with Crippen molar-refractivity contribution in [2.75, 3.05) is 16.4 Å². The van der Waals surface area contributed by atoms with Crippen LogP contribution in [0.15, 0.2) is 30.5 Å². The van der Waals surface area contributed by atoms with Crippen molar-refractivity contribution < 1.29 is 13.2 Å². The number of nitrogens with zero attached hydrogens (tertiary/aromatic N) is 2. The Labute approximate surface area is 145 Å². The molecule has 0 N–H and O–H groups in total. The maximum absolute atomic E-state index is 12.3. The molecule has 0 radical (unpaired) electrons. The first-order valence-corrected chi connectivity index (χ1v) is 10.6. The molecule has 2 aromatic rings. The lowest BCUT2D eigenvalue weighted by Crippen LogP contribution is -2.36. The van der Waals surface area contributed by atoms with Crippen LogP contribution in [0.5, 0.6) is 0 Å². The fourth-order valence-electron chi connectivity index (χ4n) is 3.54. The van der Waals surface area contributed by atoms with Gasteiger partial charge in [-0.25, -0.2) is 13.4 Å². The van der Waals surface area contributed by atoms with Crippen molar-refractivity contribution in [2.45, 2.75) is 25.8 Å². The number of anilines is 1. The Balaban J connectivity index is 1.56. The monoisotopic (exact) mass is 362 g/mol. The second-order valence-corrected chi connectivity index (χ2v) is 9.89. The molecule has 126 valence electrons. The summed E-state index contributed by atoms with van der Waals surface area (Å²) in [6.07, 6.45) is 2.88. The molecule has 1 amide bonds. The fraction of sp³-hybridized carbons (Fsp3) is 0.412. The first-order chi connectivity index (χ1) is 11.4. The largest absolute Gasteiger partial charge is 0.284 e. The molecule has 0 bridgehead atoms. The number of thiazole rings is 1. The molecular weight excluding hydrogens is 344 g/mol. The summed E-state index contributed by atoms with van der Waals surface area (Å²) in [4.78, 5) is 19.4. The van der Waals surface area contributed by atoms with Crippen LogP contribution in [0, 0.1) is 12.8 Å². The van der Waals surface area contributed by atoms with Crippen LogP contribution in [-0.2, 0) is 21.1 Å². The van der Waals surface area contributed by atoms with Gasteiger partial charge in [-0.15, -0.1) is 11.3 Å². The first kappa shape index (κ1) is 15.8. The highest BCUT2D eigenvalue weighted by Crippen LogP contribution is 2.38. The zero-order chi connectivity index (χ0) is 16.9. The number of rotatable bonds is 3. The van der Waals surface area contributed by atoms with Crippen LogP contribution in [-0.4, -0.2) is 36.9 Å². The summed E-state index contributed by atoms with van der Waals surface area (Å²) in [5, 5.41) is 0.631. The highest BCUT2D eigenvalue weighted by Gasteiger charge is 2.50. The fourth-order valence-corrected chi connectivity index (χ4v) is 6.63. The van der Waals surface area contributed by atoms with Crippen LogP contribution >= 0.6 is 11.3 Å². The molecule has 0 spiro atoms. The van der Waals surface area contributed by atoms with E-state index in [0.29, 0.717) is 11.6 Å². The summed E-state index contributed by atoms with van der Waals surface area (Å²) < 4.78 is 23.7. The summed E-state index contributed by atoms with van der Waals surface area (Å²) in [6.45, 7) is 2.06. The van der Waals surface area contributed by atoms with Gasteiger partial charge in [0.1, 0.15) is 0 Å². The lowest BCUT2D eigenvalue weighted by molar-refractivity contribution is -0.117. The maximum Gasteiger partial charge on any atom is 0.229 e. The summed E-state index contributed by atoms with van der Waals surface area (Å²) in [5.74, 6) is 0.112. The predicted octanol–water partition coefficient (Wildman–Crippen LogP) is 2.19. The van der Waals surface area contributed by atoms with Crippen LogP contribution in [0.25, 0.3) is 0 Å². The maximum atomic E-state index is 12.3. The number of hydrogen-bond donors (Lipinski definition) is 0. The van der Waals surface area contributed by atoms with Gasteiger partial charge in [0, 0.05) is 29.8 Å². The zero-order valence-electron chi connectivity index (χ0n) is 13.3. The number of fused-ring (bicyclic) bond motifs is 1. The number of carbonyl (C=O) groups is 1. The molecule has 0 unspecified atom stereocenters. The third-order valence-electron chi connectivity index (χ3n) is 4.72. The molecule has 2 fully saturated rings. The van der Waals surface area contributed by atoms with Gasteiger partial charge in [0.2, 0.25) is 5.91 Å². The Morgan fingerprint density at radius 3 is 2.75 bits per heavy atom. The van der Waals surface area contributed by atoms with E-state index in [2.05, 4.69) is 36.2 Å². The van der Waals surface area contributed by atoms with E-state index in [-0.39, 0.29) is 29.4 Å². The van der Waals surface area contributed by atoms with Gasteiger partial charge in [-0.1, -0.05) is 29.8 Å². The highest BCUT2D eigenvalue weighted by atomic mass is 32.2. The SMILES string of the molecule is Cc1ccc(Cc2cnc(N3C(=O)C[C@@H]4CS(=O)(=O)C[C@H]43)s2)cc1. The molecule has 7 heteroatoms. The number of benzene rings is 1. The van der Waals surface area contributed by atoms with Gasteiger partial charge in [-0.05, 0) is 12.5 Å². The van der Waals surface area contributed by atoms with E-state index in [4.69, 9.17) is 0 Å². The Bertz CT molecular complexity index is 887. The van der Waals surface area contributed by atoms with Gasteiger partial charge in [0.15, 0.2) is 15.0 Å². The normalized spacial score (nSPS) is 25.2. The standard InChI is InChI=1S/C17H18N2O3S2/c1-11-2-4-12(5-3-11)6-14-8-18-17(23-14)19-15-10-24(21,22)9-13(15)7-16(19)20/h2-5,8,13,15H,6-7,9-10H2,1H3/t13-,15-/m1/s1. The molecule has 2 aliphatic rings. The van der Waals surface area contributed by atoms with Crippen LogP contribution < -0.4 is 4.90 Å². The van der Waals surface area contributed by atoms with E-state index in [1.807, 2.05) is 0 Å². The molecule has 3 heterocycles. The molecule has 4 rings (SSSR count). The highest BCUT2D eigenvalue weighted by molar-refractivity contribution is 7.91. The van der Waals surface area contributed by atoms with Crippen molar-refractivity contribution >= 4 is 32.2 Å². The number of hydrogen-bond acceptors (Lipinski definition) is 5. The summed E-state index contributed by atoms with van der Waals surface area (Å²) in [5.41, 5.74) is 2.42. The van der Waals surface area contributed by atoms with Crippen molar-refractivity contribution in [2.24, 2.45) is 5.92 Å². The third kappa shape index (κ3) is 2.86. The van der Waals surface area contributed by atoms with Gasteiger partial charge in [0.25, 0.3) is 0 Å². The van der Waals surface area contributed by atoms with E-state index in [0.717, 1.165) is 11.3 Å². The van der Waals surface area contributed by atoms with Gasteiger partial charge in [-0.2, -0.15) is 0 Å². The number of amides is 1. The average Bonchev–Trinajstić information content (AvgIpc) is 3.14. The lowest BCUT2D eigenvalue weighted by atomic mass is 10.1.